The normalized spacial score (nSPS) is 10.8. The molecule has 0 aromatic heterocycles. The minimum Gasteiger partial charge on any atom is -0.468 e. The van der Waals surface area contributed by atoms with Crippen LogP contribution in [0.2, 0.25) is 0 Å². The van der Waals surface area contributed by atoms with E-state index in [0.717, 1.165) is 0 Å². The van der Waals surface area contributed by atoms with Gasteiger partial charge in [0.2, 0.25) is 0 Å². The van der Waals surface area contributed by atoms with Gasteiger partial charge in [-0.25, -0.2) is 8.42 Å². The maximum Gasteiger partial charge on any atom is 0.325 e. The SMILES string of the molecule is CCS(=O)(=O)c1ccccc1C(=O)NCC(=O)OC. The van der Waals surface area contributed by atoms with Gasteiger partial charge in [0.25, 0.3) is 5.91 Å². The number of hydrogen-bond acceptors (Lipinski definition) is 5. The van der Waals surface area contributed by atoms with Crippen molar-refractivity contribution in [1.82, 2.24) is 5.32 Å². The molecule has 1 amide bonds. The van der Waals surface area contributed by atoms with Gasteiger partial charge in [-0.1, -0.05) is 19.1 Å². The van der Waals surface area contributed by atoms with E-state index in [2.05, 4.69) is 10.1 Å². The molecule has 0 saturated heterocycles. The maximum atomic E-state index is 11.9. The Labute approximate surface area is 111 Å². The van der Waals surface area contributed by atoms with Crippen molar-refractivity contribution in [3.8, 4) is 0 Å². The molecule has 0 aliphatic carbocycles. The summed E-state index contributed by atoms with van der Waals surface area (Å²) in [6.45, 7) is 1.19. The second-order valence-corrected chi connectivity index (χ2v) is 5.91. The minimum atomic E-state index is -3.50. The lowest BCUT2D eigenvalue weighted by molar-refractivity contribution is -0.139. The average Bonchev–Trinajstić information content (AvgIpc) is 2.44. The molecule has 0 saturated carbocycles. The Morgan fingerprint density at radius 3 is 2.47 bits per heavy atom. The van der Waals surface area contributed by atoms with Crippen molar-refractivity contribution in [2.75, 3.05) is 19.4 Å². The third kappa shape index (κ3) is 3.78. The van der Waals surface area contributed by atoms with Crippen molar-refractivity contribution < 1.29 is 22.7 Å². The molecule has 0 radical (unpaired) electrons. The Morgan fingerprint density at radius 2 is 1.89 bits per heavy atom. The van der Waals surface area contributed by atoms with Crippen LogP contribution in [0.4, 0.5) is 0 Å². The number of rotatable bonds is 5. The molecule has 0 bridgehead atoms. The van der Waals surface area contributed by atoms with Crippen LogP contribution in [0.3, 0.4) is 0 Å². The van der Waals surface area contributed by atoms with E-state index in [-0.39, 0.29) is 22.8 Å². The van der Waals surface area contributed by atoms with Crippen LogP contribution in [0.5, 0.6) is 0 Å². The van der Waals surface area contributed by atoms with Crippen LogP contribution in [0, 0.1) is 0 Å². The standard InChI is InChI=1S/C12H15NO5S/c1-3-19(16,17)10-7-5-4-6-9(10)12(15)13-8-11(14)18-2/h4-7H,3,8H2,1-2H3,(H,13,15). The first-order valence-corrected chi connectivity index (χ1v) is 7.24. The zero-order valence-electron chi connectivity index (χ0n) is 10.7. The molecule has 6 nitrogen and oxygen atoms in total. The van der Waals surface area contributed by atoms with Gasteiger partial charge in [0.1, 0.15) is 6.54 Å². The number of methoxy groups -OCH3 is 1. The lowest BCUT2D eigenvalue weighted by Crippen LogP contribution is -2.31. The van der Waals surface area contributed by atoms with E-state index in [1.165, 1.54) is 26.2 Å². The van der Waals surface area contributed by atoms with Crippen LogP contribution in [0.1, 0.15) is 17.3 Å². The maximum absolute atomic E-state index is 11.9. The molecule has 0 unspecified atom stereocenters. The van der Waals surface area contributed by atoms with Crippen LogP contribution in [0.25, 0.3) is 0 Å². The second kappa shape index (κ2) is 6.33. The third-order valence-corrected chi connectivity index (χ3v) is 4.25. The largest absolute Gasteiger partial charge is 0.468 e. The molecule has 7 heteroatoms. The number of hydrogen-bond donors (Lipinski definition) is 1. The second-order valence-electron chi connectivity index (χ2n) is 3.66. The third-order valence-electron chi connectivity index (χ3n) is 2.47. The number of carbonyl (C=O) groups excluding carboxylic acids is 2. The highest BCUT2D eigenvalue weighted by atomic mass is 32.2. The topological polar surface area (TPSA) is 89.5 Å². The van der Waals surface area contributed by atoms with Gasteiger partial charge in [-0.05, 0) is 12.1 Å². The summed E-state index contributed by atoms with van der Waals surface area (Å²) in [5, 5.41) is 2.31. The summed E-state index contributed by atoms with van der Waals surface area (Å²) in [5.74, 6) is -1.34. The summed E-state index contributed by atoms with van der Waals surface area (Å²) < 4.78 is 28.1. The molecule has 0 spiro atoms. The molecule has 0 heterocycles. The van der Waals surface area contributed by atoms with Gasteiger partial charge >= 0.3 is 5.97 Å². The predicted molar refractivity (Wildman–Crippen MR) is 68.5 cm³/mol. The number of carbonyl (C=O) groups is 2. The van der Waals surface area contributed by atoms with Crippen molar-refractivity contribution in [2.24, 2.45) is 0 Å². The van der Waals surface area contributed by atoms with Crippen LogP contribution in [-0.4, -0.2) is 39.7 Å². The molecule has 0 atom stereocenters. The first-order valence-electron chi connectivity index (χ1n) is 5.59. The van der Waals surface area contributed by atoms with Crippen LogP contribution >= 0.6 is 0 Å². The van der Waals surface area contributed by atoms with Crippen molar-refractivity contribution in [3.05, 3.63) is 29.8 Å². The summed E-state index contributed by atoms with van der Waals surface area (Å²) in [5.41, 5.74) is 0.0215. The van der Waals surface area contributed by atoms with Crippen LogP contribution in [0.15, 0.2) is 29.2 Å². The summed E-state index contributed by atoms with van der Waals surface area (Å²) in [7, 11) is -2.30. The fourth-order valence-corrected chi connectivity index (χ4v) is 2.49. The fourth-order valence-electron chi connectivity index (χ4n) is 1.40. The van der Waals surface area contributed by atoms with Crippen molar-refractivity contribution in [2.45, 2.75) is 11.8 Å². The summed E-state index contributed by atoms with van der Waals surface area (Å²) in [4.78, 5) is 22.8. The van der Waals surface area contributed by atoms with E-state index in [1.807, 2.05) is 0 Å². The van der Waals surface area contributed by atoms with Gasteiger partial charge in [0.05, 0.1) is 23.3 Å². The molecule has 1 rings (SSSR count). The fraction of sp³-hybridized carbons (Fsp3) is 0.333. The summed E-state index contributed by atoms with van der Waals surface area (Å²) in [6, 6.07) is 5.86. The number of nitrogens with one attached hydrogen (secondary N) is 1. The predicted octanol–water partition coefficient (Wildman–Crippen LogP) is 0.383. The van der Waals surface area contributed by atoms with Gasteiger partial charge in [-0.15, -0.1) is 0 Å². The Hall–Kier alpha value is -1.89. The molecule has 19 heavy (non-hydrogen) atoms. The highest BCUT2D eigenvalue weighted by molar-refractivity contribution is 7.91. The molecule has 1 aromatic carbocycles. The number of esters is 1. The van der Waals surface area contributed by atoms with E-state index in [9.17, 15) is 18.0 Å². The van der Waals surface area contributed by atoms with E-state index in [1.54, 1.807) is 12.1 Å². The zero-order valence-corrected chi connectivity index (χ0v) is 11.5. The van der Waals surface area contributed by atoms with E-state index in [4.69, 9.17) is 0 Å². The lowest BCUT2D eigenvalue weighted by atomic mass is 10.2. The Morgan fingerprint density at radius 1 is 1.26 bits per heavy atom. The zero-order chi connectivity index (χ0) is 14.5. The first kappa shape index (κ1) is 15.2. The van der Waals surface area contributed by atoms with Gasteiger partial charge in [0.15, 0.2) is 9.84 Å². The summed E-state index contributed by atoms with van der Waals surface area (Å²) in [6.07, 6.45) is 0. The Kier molecular flexibility index (Phi) is 5.05. The Balaban J connectivity index is 3.01. The van der Waals surface area contributed by atoms with Crippen LogP contribution < -0.4 is 5.32 Å². The van der Waals surface area contributed by atoms with E-state index in [0.29, 0.717) is 0 Å². The molecule has 1 aromatic rings. The number of ether oxygens (including phenoxy) is 1. The van der Waals surface area contributed by atoms with Crippen molar-refractivity contribution in [3.63, 3.8) is 0 Å². The number of amides is 1. The molecule has 0 fully saturated rings. The summed E-state index contributed by atoms with van der Waals surface area (Å²) >= 11 is 0. The van der Waals surface area contributed by atoms with E-state index >= 15 is 0 Å². The molecule has 1 N–H and O–H groups in total. The van der Waals surface area contributed by atoms with Gasteiger partial charge in [-0.3, -0.25) is 9.59 Å². The van der Waals surface area contributed by atoms with Crippen molar-refractivity contribution >= 4 is 21.7 Å². The lowest BCUT2D eigenvalue weighted by Gasteiger charge is -2.09. The minimum absolute atomic E-state index is 0.0215. The van der Waals surface area contributed by atoms with Crippen molar-refractivity contribution in [1.29, 1.82) is 0 Å². The number of benzene rings is 1. The van der Waals surface area contributed by atoms with E-state index < -0.39 is 21.7 Å². The molecule has 0 aliphatic heterocycles. The smallest absolute Gasteiger partial charge is 0.325 e. The molecule has 0 aliphatic rings. The monoisotopic (exact) mass is 285 g/mol. The highest BCUT2D eigenvalue weighted by Crippen LogP contribution is 2.16. The van der Waals surface area contributed by atoms with Gasteiger partial charge < -0.3 is 10.1 Å². The molecular weight excluding hydrogens is 270 g/mol. The Bertz CT molecular complexity index is 580. The number of sulfone groups is 1. The quantitative estimate of drug-likeness (QED) is 0.790. The van der Waals surface area contributed by atoms with Crippen LogP contribution in [-0.2, 0) is 19.4 Å². The highest BCUT2D eigenvalue weighted by Gasteiger charge is 2.20. The first-order chi connectivity index (χ1) is 8.92. The van der Waals surface area contributed by atoms with Gasteiger partial charge in [0, 0.05) is 0 Å². The molecular formula is C12H15NO5S. The van der Waals surface area contributed by atoms with Gasteiger partial charge in [-0.2, -0.15) is 0 Å². The molecule has 104 valence electrons. The average molecular weight is 285 g/mol.